The van der Waals surface area contributed by atoms with E-state index in [9.17, 15) is 9.18 Å². The van der Waals surface area contributed by atoms with Crippen LogP contribution in [0.4, 0.5) is 10.1 Å². The van der Waals surface area contributed by atoms with Crippen LogP contribution in [0.2, 0.25) is 5.02 Å². The van der Waals surface area contributed by atoms with Gasteiger partial charge < -0.3 is 11.1 Å². The van der Waals surface area contributed by atoms with Gasteiger partial charge in [-0.15, -0.1) is 0 Å². The van der Waals surface area contributed by atoms with Gasteiger partial charge in [0.2, 0.25) is 0 Å². The molecule has 0 saturated carbocycles. The largest absolute Gasteiger partial charge is 0.395 e. The van der Waals surface area contributed by atoms with Gasteiger partial charge >= 0.3 is 0 Å². The third-order valence-electron chi connectivity index (χ3n) is 3.30. The maximum absolute atomic E-state index is 13.6. The zero-order chi connectivity index (χ0) is 15.5. The van der Waals surface area contributed by atoms with Gasteiger partial charge in [0.15, 0.2) is 5.78 Å². The van der Waals surface area contributed by atoms with Crippen molar-refractivity contribution in [3.05, 3.63) is 28.5 Å². The van der Waals surface area contributed by atoms with Crippen molar-refractivity contribution in [1.82, 2.24) is 0 Å². The highest BCUT2D eigenvalue weighted by Gasteiger charge is 2.34. The number of benzene rings is 1. The van der Waals surface area contributed by atoms with Crippen LogP contribution in [0.1, 0.15) is 44.0 Å². The number of nitrogen functional groups attached to an aromatic ring is 1. The van der Waals surface area contributed by atoms with Gasteiger partial charge in [-0.25, -0.2) is 4.39 Å². The Bertz CT molecular complexity index is 508. The lowest BCUT2D eigenvalue weighted by Gasteiger charge is -2.28. The summed E-state index contributed by atoms with van der Waals surface area (Å²) < 4.78 is 13.6. The summed E-state index contributed by atoms with van der Waals surface area (Å²) in [6, 6.07) is 2.51. The molecule has 110 valence electrons. The van der Waals surface area contributed by atoms with Crippen molar-refractivity contribution >= 4 is 29.3 Å². The second kappa shape index (κ2) is 6.35. The highest BCUT2D eigenvalue weighted by Crippen LogP contribution is 2.35. The Kier molecular flexibility index (Phi) is 5.28. The Balaban J connectivity index is 3.22. The van der Waals surface area contributed by atoms with Gasteiger partial charge in [0.05, 0.1) is 10.7 Å². The van der Waals surface area contributed by atoms with Crippen LogP contribution in [0.25, 0.3) is 0 Å². The molecule has 20 heavy (non-hydrogen) atoms. The predicted octanol–water partition coefficient (Wildman–Crippen LogP) is 4.34. The summed E-state index contributed by atoms with van der Waals surface area (Å²) in [6.45, 7) is 5.81. The van der Waals surface area contributed by atoms with Gasteiger partial charge in [0.1, 0.15) is 5.82 Å². The summed E-state index contributed by atoms with van der Waals surface area (Å²) in [5.41, 5.74) is 4.76. The molecule has 0 saturated heterocycles. The predicted molar refractivity (Wildman–Crippen MR) is 81.1 cm³/mol. The van der Waals surface area contributed by atoms with Crippen molar-refractivity contribution in [2.45, 2.75) is 33.6 Å². The molecule has 1 atom stereocenters. The van der Waals surface area contributed by atoms with E-state index in [0.29, 0.717) is 12.8 Å². The Morgan fingerprint density at radius 2 is 2.15 bits per heavy atom. The van der Waals surface area contributed by atoms with Crippen molar-refractivity contribution in [2.75, 3.05) is 5.73 Å². The average Bonchev–Trinajstić information content (AvgIpc) is 2.33. The first-order valence-corrected chi connectivity index (χ1v) is 6.87. The number of carbonyl (C=O) groups excluding carboxylic acids is 1. The van der Waals surface area contributed by atoms with E-state index in [1.807, 2.05) is 13.8 Å². The van der Waals surface area contributed by atoms with Crippen molar-refractivity contribution in [2.24, 2.45) is 11.3 Å². The molecule has 1 aromatic rings. The Labute approximate surface area is 123 Å². The fraction of sp³-hybridized carbons (Fsp3) is 0.467. The summed E-state index contributed by atoms with van der Waals surface area (Å²) in [5.74, 6) is -0.615. The van der Waals surface area contributed by atoms with E-state index >= 15 is 0 Å². The molecule has 0 aliphatic rings. The summed E-state index contributed by atoms with van der Waals surface area (Å²) in [5, 5.41) is 7.32. The van der Waals surface area contributed by atoms with E-state index in [2.05, 4.69) is 0 Å². The molecule has 1 aromatic carbocycles. The van der Waals surface area contributed by atoms with Crippen molar-refractivity contribution in [3.8, 4) is 0 Å². The molecule has 1 rings (SSSR count). The number of halogens is 2. The van der Waals surface area contributed by atoms with E-state index in [-0.39, 0.29) is 28.0 Å². The molecule has 0 aliphatic carbocycles. The fourth-order valence-corrected chi connectivity index (χ4v) is 2.67. The molecule has 0 heterocycles. The number of rotatable bonds is 6. The third kappa shape index (κ3) is 3.57. The van der Waals surface area contributed by atoms with E-state index < -0.39 is 11.2 Å². The van der Waals surface area contributed by atoms with Crippen LogP contribution >= 0.6 is 11.6 Å². The summed E-state index contributed by atoms with van der Waals surface area (Å²) in [4.78, 5) is 12.6. The normalized spacial score (nSPS) is 14.1. The third-order valence-corrected chi connectivity index (χ3v) is 3.61. The van der Waals surface area contributed by atoms with Crippen LogP contribution in [0.5, 0.6) is 0 Å². The number of anilines is 1. The number of ketones is 1. The van der Waals surface area contributed by atoms with Gasteiger partial charge in [0.25, 0.3) is 0 Å². The zero-order valence-electron chi connectivity index (χ0n) is 12.0. The Morgan fingerprint density at radius 3 is 2.60 bits per heavy atom. The second-order valence-electron chi connectivity index (χ2n) is 5.75. The molecule has 0 radical (unpaired) electrons. The monoisotopic (exact) mass is 298 g/mol. The molecule has 0 bridgehead atoms. The summed E-state index contributed by atoms with van der Waals surface area (Å²) >= 11 is 5.83. The molecule has 0 amide bonds. The summed E-state index contributed by atoms with van der Waals surface area (Å²) in [6.07, 6.45) is 2.15. The van der Waals surface area contributed by atoms with Gasteiger partial charge in [-0.3, -0.25) is 4.79 Å². The van der Waals surface area contributed by atoms with E-state index in [0.717, 1.165) is 6.07 Å². The van der Waals surface area contributed by atoms with Crippen LogP contribution in [-0.4, -0.2) is 12.0 Å². The number of nitrogens with one attached hydrogen (secondary N) is 1. The minimum absolute atomic E-state index is 0.0371. The van der Waals surface area contributed by atoms with Gasteiger partial charge in [-0.05, 0) is 37.1 Å². The number of hydrogen-bond donors (Lipinski definition) is 2. The van der Waals surface area contributed by atoms with E-state index in [1.54, 1.807) is 6.92 Å². The lowest BCUT2D eigenvalue weighted by Crippen LogP contribution is -2.30. The van der Waals surface area contributed by atoms with Crippen LogP contribution in [0, 0.1) is 22.6 Å². The van der Waals surface area contributed by atoms with Gasteiger partial charge in [0, 0.05) is 11.0 Å². The maximum Gasteiger partial charge on any atom is 0.169 e. The first kappa shape index (κ1) is 16.6. The fourth-order valence-electron chi connectivity index (χ4n) is 2.46. The van der Waals surface area contributed by atoms with Crippen LogP contribution in [-0.2, 0) is 0 Å². The molecule has 0 spiro atoms. The lowest BCUT2D eigenvalue weighted by molar-refractivity contribution is 0.0792. The smallest absolute Gasteiger partial charge is 0.169 e. The van der Waals surface area contributed by atoms with Crippen LogP contribution < -0.4 is 5.73 Å². The van der Waals surface area contributed by atoms with Gasteiger partial charge in [-0.1, -0.05) is 32.4 Å². The minimum atomic E-state index is -0.734. The summed E-state index contributed by atoms with van der Waals surface area (Å²) in [7, 11) is 0. The first-order chi connectivity index (χ1) is 9.21. The molecule has 0 aromatic heterocycles. The average molecular weight is 299 g/mol. The van der Waals surface area contributed by atoms with E-state index in [4.69, 9.17) is 22.7 Å². The molecule has 0 fully saturated rings. The second-order valence-corrected chi connectivity index (χ2v) is 6.16. The zero-order valence-corrected chi connectivity index (χ0v) is 12.7. The molecule has 3 nitrogen and oxygen atoms in total. The van der Waals surface area contributed by atoms with Crippen molar-refractivity contribution < 1.29 is 9.18 Å². The lowest BCUT2D eigenvalue weighted by atomic mass is 9.74. The topological polar surface area (TPSA) is 66.9 Å². The standard InChI is InChI=1S/C15H20ClFN2O/c1-9(2)8-15(3,4-5-18)14(20)10-6-11(16)13(19)12(17)7-10/h5-7,9,18H,4,8,19H2,1-3H3/t15-/m1/s1. The molecular formula is C15H20ClFN2O. The first-order valence-electron chi connectivity index (χ1n) is 6.49. The number of nitrogens with two attached hydrogens (primary N) is 1. The Hall–Kier alpha value is -1.42. The number of Topliss-reactive ketones (excluding diaryl/α,β-unsaturated/α-hetero) is 1. The molecule has 5 heteroatoms. The Morgan fingerprint density at radius 1 is 1.55 bits per heavy atom. The number of carbonyl (C=O) groups is 1. The van der Waals surface area contributed by atoms with E-state index in [1.165, 1.54) is 12.3 Å². The van der Waals surface area contributed by atoms with Gasteiger partial charge in [-0.2, -0.15) is 0 Å². The van der Waals surface area contributed by atoms with Crippen molar-refractivity contribution in [3.63, 3.8) is 0 Å². The SMILES string of the molecule is CC(C)C[C@@](C)(CC=N)C(=O)c1cc(F)c(N)c(Cl)c1. The molecule has 3 N–H and O–H groups in total. The molecule has 0 aliphatic heterocycles. The van der Waals surface area contributed by atoms with Crippen molar-refractivity contribution in [1.29, 1.82) is 5.41 Å². The number of hydrogen-bond acceptors (Lipinski definition) is 3. The van der Waals surface area contributed by atoms with Crippen LogP contribution in [0.15, 0.2) is 12.1 Å². The maximum atomic E-state index is 13.6. The quantitative estimate of drug-likeness (QED) is 0.466. The van der Waals surface area contributed by atoms with Crippen LogP contribution in [0.3, 0.4) is 0 Å². The highest BCUT2D eigenvalue weighted by molar-refractivity contribution is 6.33. The highest BCUT2D eigenvalue weighted by atomic mass is 35.5. The minimum Gasteiger partial charge on any atom is -0.395 e. The molecular weight excluding hydrogens is 279 g/mol. The molecule has 0 unspecified atom stereocenters.